The van der Waals surface area contributed by atoms with Crippen molar-refractivity contribution in [2.45, 2.75) is 0 Å². The van der Waals surface area contributed by atoms with E-state index in [1.807, 2.05) is 0 Å². The van der Waals surface area contributed by atoms with Gasteiger partial charge in [-0.15, -0.1) is 0 Å². The van der Waals surface area contributed by atoms with E-state index >= 15 is 0 Å². The maximum atomic E-state index is 11.2. The fourth-order valence-electron chi connectivity index (χ4n) is 0.967. The van der Waals surface area contributed by atoms with Gasteiger partial charge in [-0.25, -0.2) is 4.79 Å². The van der Waals surface area contributed by atoms with Gasteiger partial charge in [0, 0.05) is 15.8 Å². The van der Waals surface area contributed by atoms with Crippen LogP contribution in [0.2, 0.25) is 0 Å². The van der Waals surface area contributed by atoms with Crippen molar-refractivity contribution < 1.29 is 9.53 Å². The van der Waals surface area contributed by atoms with Crippen LogP contribution in [0.3, 0.4) is 0 Å². The minimum atomic E-state index is -0.482. The lowest BCUT2D eigenvalue weighted by atomic mass is 10.1. The Balaban J connectivity index is 3.28. The average molecular weight is 245 g/mol. The number of anilines is 2. The van der Waals surface area contributed by atoms with Crippen molar-refractivity contribution in [1.29, 1.82) is 0 Å². The molecule has 0 saturated carbocycles. The number of ether oxygens (including phenoxy) is 1. The van der Waals surface area contributed by atoms with Gasteiger partial charge in [-0.05, 0) is 28.1 Å². The first kappa shape index (κ1) is 9.85. The Morgan fingerprint density at radius 1 is 1.46 bits per heavy atom. The van der Waals surface area contributed by atoms with Crippen molar-refractivity contribution in [3.8, 4) is 0 Å². The van der Waals surface area contributed by atoms with E-state index in [2.05, 4.69) is 20.7 Å². The third-order valence-electron chi connectivity index (χ3n) is 1.53. The quantitative estimate of drug-likeness (QED) is 0.579. The first-order valence-corrected chi connectivity index (χ1v) is 4.28. The lowest BCUT2D eigenvalue weighted by Gasteiger charge is -2.06. The van der Waals surface area contributed by atoms with Crippen LogP contribution in [0.5, 0.6) is 0 Å². The van der Waals surface area contributed by atoms with Gasteiger partial charge in [0.1, 0.15) is 0 Å². The molecule has 0 radical (unpaired) electrons. The highest BCUT2D eigenvalue weighted by Crippen LogP contribution is 2.26. The first-order chi connectivity index (χ1) is 6.06. The van der Waals surface area contributed by atoms with Crippen molar-refractivity contribution in [1.82, 2.24) is 0 Å². The largest absolute Gasteiger partial charge is 0.465 e. The van der Waals surface area contributed by atoms with Crippen LogP contribution in [0.25, 0.3) is 0 Å². The number of halogens is 1. The van der Waals surface area contributed by atoms with E-state index in [-0.39, 0.29) is 0 Å². The summed E-state index contributed by atoms with van der Waals surface area (Å²) >= 11 is 3.18. The summed E-state index contributed by atoms with van der Waals surface area (Å²) in [4.78, 5) is 11.2. The monoisotopic (exact) mass is 244 g/mol. The van der Waals surface area contributed by atoms with Gasteiger partial charge >= 0.3 is 5.97 Å². The molecule has 0 amide bonds. The van der Waals surface area contributed by atoms with Crippen molar-refractivity contribution >= 4 is 33.3 Å². The standard InChI is InChI=1S/C8H9BrN2O2/c1-13-8(12)7-5(9)2-4(10)3-6(7)11/h2-3H,10-11H2,1H3. The molecule has 1 aromatic carbocycles. The molecule has 13 heavy (non-hydrogen) atoms. The summed E-state index contributed by atoms with van der Waals surface area (Å²) in [5, 5.41) is 0. The third kappa shape index (κ3) is 1.92. The summed E-state index contributed by atoms with van der Waals surface area (Å²) in [7, 11) is 1.30. The number of methoxy groups -OCH3 is 1. The van der Waals surface area contributed by atoms with Crippen molar-refractivity contribution in [2.24, 2.45) is 0 Å². The molecule has 0 aliphatic rings. The van der Waals surface area contributed by atoms with Crippen molar-refractivity contribution in [2.75, 3.05) is 18.6 Å². The number of nitrogens with two attached hydrogens (primary N) is 2. The zero-order valence-corrected chi connectivity index (χ0v) is 8.59. The molecule has 0 atom stereocenters. The zero-order valence-electron chi connectivity index (χ0n) is 7.00. The molecular weight excluding hydrogens is 236 g/mol. The van der Waals surface area contributed by atoms with E-state index in [1.165, 1.54) is 13.2 Å². The zero-order chi connectivity index (χ0) is 10.0. The number of carbonyl (C=O) groups is 1. The van der Waals surface area contributed by atoms with Gasteiger partial charge in [0.2, 0.25) is 0 Å². The van der Waals surface area contributed by atoms with Gasteiger partial charge in [-0.2, -0.15) is 0 Å². The molecular formula is C8H9BrN2O2. The van der Waals surface area contributed by atoms with E-state index in [9.17, 15) is 4.79 Å². The Morgan fingerprint density at radius 2 is 2.08 bits per heavy atom. The van der Waals surface area contributed by atoms with E-state index in [0.29, 0.717) is 21.4 Å². The molecule has 0 saturated heterocycles. The number of nitrogen functional groups attached to an aromatic ring is 2. The maximum absolute atomic E-state index is 11.2. The first-order valence-electron chi connectivity index (χ1n) is 3.49. The average Bonchev–Trinajstić information content (AvgIpc) is 2.02. The molecule has 0 fully saturated rings. The van der Waals surface area contributed by atoms with E-state index in [1.54, 1.807) is 6.07 Å². The Morgan fingerprint density at radius 3 is 2.54 bits per heavy atom. The normalized spacial score (nSPS) is 9.69. The second-order valence-corrected chi connectivity index (χ2v) is 3.31. The molecule has 1 rings (SSSR count). The topological polar surface area (TPSA) is 78.3 Å². The Bertz CT molecular complexity index is 329. The number of rotatable bonds is 1. The van der Waals surface area contributed by atoms with Crippen LogP contribution < -0.4 is 11.5 Å². The van der Waals surface area contributed by atoms with Crippen LogP contribution in [0.1, 0.15) is 10.4 Å². The fraction of sp³-hybridized carbons (Fsp3) is 0.125. The van der Waals surface area contributed by atoms with Gasteiger partial charge in [0.25, 0.3) is 0 Å². The second-order valence-electron chi connectivity index (χ2n) is 2.46. The maximum Gasteiger partial charge on any atom is 0.341 e. The lowest BCUT2D eigenvalue weighted by molar-refractivity contribution is 0.0601. The Labute approximate surface area is 84.0 Å². The molecule has 1 aromatic rings. The molecule has 70 valence electrons. The van der Waals surface area contributed by atoms with Crippen LogP contribution >= 0.6 is 15.9 Å². The lowest BCUT2D eigenvalue weighted by Crippen LogP contribution is -2.07. The third-order valence-corrected chi connectivity index (χ3v) is 2.16. The van der Waals surface area contributed by atoms with E-state index < -0.39 is 5.97 Å². The van der Waals surface area contributed by atoms with E-state index in [4.69, 9.17) is 11.5 Å². The predicted molar refractivity (Wildman–Crippen MR) is 54.3 cm³/mol. The Kier molecular flexibility index (Phi) is 2.77. The summed E-state index contributed by atoms with van der Waals surface area (Å²) < 4.78 is 5.09. The fourth-order valence-corrected chi connectivity index (χ4v) is 1.62. The van der Waals surface area contributed by atoms with Crippen LogP contribution in [0.4, 0.5) is 11.4 Å². The number of esters is 1. The molecule has 0 bridgehead atoms. The molecule has 0 aromatic heterocycles. The molecule has 0 heterocycles. The predicted octanol–water partition coefficient (Wildman–Crippen LogP) is 1.40. The molecule has 0 aliphatic carbocycles. The second kappa shape index (κ2) is 3.66. The molecule has 5 heteroatoms. The summed E-state index contributed by atoms with van der Waals surface area (Å²) in [5.41, 5.74) is 12.2. The van der Waals surface area contributed by atoms with Gasteiger partial charge < -0.3 is 16.2 Å². The van der Waals surface area contributed by atoms with Gasteiger partial charge in [-0.3, -0.25) is 0 Å². The number of benzene rings is 1. The molecule has 4 N–H and O–H groups in total. The summed E-state index contributed by atoms with van der Waals surface area (Å²) in [6.45, 7) is 0. The highest BCUT2D eigenvalue weighted by Gasteiger charge is 2.14. The van der Waals surface area contributed by atoms with Crippen LogP contribution in [-0.4, -0.2) is 13.1 Å². The highest BCUT2D eigenvalue weighted by molar-refractivity contribution is 9.10. The molecule has 0 unspecified atom stereocenters. The van der Waals surface area contributed by atoms with Gasteiger partial charge in [-0.1, -0.05) is 0 Å². The number of carbonyl (C=O) groups excluding carboxylic acids is 1. The summed E-state index contributed by atoms with van der Waals surface area (Å²) in [5.74, 6) is -0.482. The smallest absolute Gasteiger partial charge is 0.341 e. The Hall–Kier alpha value is -1.23. The minimum Gasteiger partial charge on any atom is -0.465 e. The molecule has 4 nitrogen and oxygen atoms in total. The van der Waals surface area contributed by atoms with Crippen LogP contribution in [0.15, 0.2) is 16.6 Å². The van der Waals surface area contributed by atoms with E-state index in [0.717, 1.165) is 0 Å². The molecule has 0 spiro atoms. The number of hydrogen-bond acceptors (Lipinski definition) is 4. The minimum absolute atomic E-state index is 0.303. The summed E-state index contributed by atoms with van der Waals surface area (Å²) in [6, 6.07) is 3.11. The van der Waals surface area contributed by atoms with Gasteiger partial charge in [0.15, 0.2) is 0 Å². The van der Waals surface area contributed by atoms with Crippen molar-refractivity contribution in [3.63, 3.8) is 0 Å². The number of hydrogen-bond donors (Lipinski definition) is 2. The molecule has 0 aliphatic heterocycles. The SMILES string of the molecule is COC(=O)c1c(N)cc(N)cc1Br. The van der Waals surface area contributed by atoms with Crippen LogP contribution in [-0.2, 0) is 4.74 Å². The highest BCUT2D eigenvalue weighted by atomic mass is 79.9. The van der Waals surface area contributed by atoms with Crippen molar-refractivity contribution in [3.05, 3.63) is 22.2 Å². The van der Waals surface area contributed by atoms with Gasteiger partial charge in [0.05, 0.1) is 12.7 Å². The summed E-state index contributed by atoms with van der Waals surface area (Å²) in [6.07, 6.45) is 0. The van der Waals surface area contributed by atoms with Crippen LogP contribution in [0, 0.1) is 0 Å².